The molecule has 0 radical (unpaired) electrons. The molecule has 3 rings (SSSR count). The lowest BCUT2D eigenvalue weighted by Gasteiger charge is -2.24. The lowest BCUT2D eigenvalue weighted by Crippen LogP contribution is -2.26. The van der Waals surface area contributed by atoms with Crippen LogP contribution in [-0.4, -0.2) is 44.2 Å². The van der Waals surface area contributed by atoms with Gasteiger partial charge in [-0.05, 0) is 12.0 Å². The third-order valence-corrected chi connectivity index (χ3v) is 5.31. The van der Waals surface area contributed by atoms with Gasteiger partial charge in [0.2, 0.25) is 0 Å². The maximum Gasteiger partial charge on any atom is 0.343 e. The SMILES string of the molecule is CO/N=C/CCOc1cc2c(cc1Cl)-c1cc(=O)c(C(=O)OC)cn1[C@H](C(C)C)CO2. The van der Waals surface area contributed by atoms with Crippen LogP contribution in [0.2, 0.25) is 5.02 Å². The third kappa shape index (κ3) is 4.85. The second kappa shape index (κ2) is 9.87. The van der Waals surface area contributed by atoms with Crippen LogP contribution in [0.25, 0.3) is 11.3 Å². The van der Waals surface area contributed by atoms with E-state index in [4.69, 9.17) is 25.8 Å². The van der Waals surface area contributed by atoms with Crippen molar-refractivity contribution in [1.82, 2.24) is 4.57 Å². The van der Waals surface area contributed by atoms with Gasteiger partial charge in [-0.3, -0.25) is 4.79 Å². The van der Waals surface area contributed by atoms with Crippen LogP contribution in [0.5, 0.6) is 11.5 Å². The fourth-order valence-electron chi connectivity index (χ4n) is 3.39. The number of methoxy groups -OCH3 is 1. The van der Waals surface area contributed by atoms with E-state index >= 15 is 0 Å². The van der Waals surface area contributed by atoms with Gasteiger partial charge in [-0.1, -0.05) is 30.6 Å². The molecule has 0 spiro atoms. The molecule has 31 heavy (non-hydrogen) atoms. The summed E-state index contributed by atoms with van der Waals surface area (Å²) in [5.41, 5.74) is 0.811. The highest BCUT2D eigenvalue weighted by atomic mass is 35.5. The standard InChI is InChI=1S/C22H25ClN2O6/c1-13(2)18-12-31-20-10-21(30-7-5-6-24-29-4)16(23)8-14(20)17-9-19(26)15(11-25(17)18)22(27)28-3/h6,8-11,13,18H,5,7,12H2,1-4H3/b24-6+/t18-/m0/s1. The van der Waals surface area contributed by atoms with Crippen molar-refractivity contribution < 1.29 is 23.8 Å². The summed E-state index contributed by atoms with van der Waals surface area (Å²) in [6.07, 6.45) is 3.69. The number of benzene rings is 1. The largest absolute Gasteiger partial charge is 0.492 e. The Bertz CT molecular complexity index is 1050. The van der Waals surface area contributed by atoms with E-state index < -0.39 is 11.4 Å². The van der Waals surface area contributed by atoms with Gasteiger partial charge >= 0.3 is 5.97 Å². The van der Waals surface area contributed by atoms with Gasteiger partial charge in [0, 0.05) is 36.5 Å². The van der Waals surface area contributed by atoms with Crippen molar-refractivity contribution in [3.63, 3.8) is 0 Å². The summed E-state index contributed by atoms with van der Waals surface area (Å²) < 4.78 is 18.5. The van der Waals surface area contributed by atoms with Gasteiger partial charge in [-0.25, -0.2) is 4.79 Å². The second-order valence-electron chi connectivity index (χ2n) is 7.34. The minimum atomic E-state index is -0.674. The van der Waals surface area contributed by atoms with Crippen molar-refractivity contribution in [2.45, 2.75) is 26.3 Å². The summed E-state index contributed by atoms with van der Waals surface area (Å²) in [7, 11) is 2.72. The Labute approximate surface area is 185 Å². The second-order valence-corrected chi connectivity index (χ2v) is 7.75. The first-order chi connectivity index (χ1) is 14.9. The number of hydrogen-bond acceptors (Lipinski definition) is 7. The van der Waals surface area contributed by atoms with Crippen molar-refractivity contribution in [2.24, 2.45) is 11.1 Å². The van der Waals surface area contributed by atoms with Crippen LogP contribution < -0.4 is 14.9 Å². The molecule has 2 aromatic rings. The van der Waals surface area contributed by atoms with Crippen molar-refractivity contribution in [3.05, 3.63) is 45.2 Å². The molecule has 1 aliphatic rings. The molecule has 0 aliphatic carbocycles. The minimum Gasteiger partial charge on any atom is -0.492 e. The smallest absolute Gasteiger partial charge is 0.343 e. The number of rotatable bonds is 7. The van der Waals surface area contributed by atoms with Crippen LogP contribution in [0, 0.1) is 5.92 Å². The van der Waals surface area contributed by atoms with E-state index in [1.54, 1.807) is 24.5 Å². The Kier molecular flexibility index (Phi) is 7.22. The number of pyridine rings is 1. The molecule has 0 saturated heterocycles. The normalized spacial score (nSPS) is 15.1. The number of carbonyl (C=O) groups is 1. The van der Waals surface area contributed by atoms with Gasteiger partial charge in [0.25, 0.3) is 0 Å². The molecule has 8 nitrogen and oxygen atoms in total. The number of carbonyl (C=O) groups excluding carboxylic acids is 1. The zero-order valence-electron chi connectivity index (χ0n) is 17.9. The number of fused-ring (bicyclic) bond motifs is 3. The van der Waals surface area contributed by atoms with Gasteiger partial charge in [0.05, 0.1) is 30.5 Å². The minimum absolute atomic E-state index is 0.0240. The molecule has 0 amide bonds. The lowest BCUT2D eigenvalue weighted by molar-refractivity contribution is 0.0597. The molecule has 0 bridgehead atoms. The number of hydrogen-bond donors (Lipinski definition) is 0. The van der Waals surface area contributed by atoms with E-state index in [0.29, 0.717) is 47.4 Å². The highest BCUT2D eigenvalue weighted by Crippen LogP contribution is 2.42. The Morgan fingerprint density at radius 1 is 1.35 bits per heavy atom. The van der Waals surface area contributed by atoms with Crippen molar-refractivity contribution in [1.29, 1.82) is 0 Å². The molecule has 1 atom stereocenters. The first-order valence-electron chi connectivity index (χ1n) is 9.86. The number of aromatic nitrogens is 1. The van der Waals surface area contributed by atoms with Gasteiger partial charge in [0.1, 0.15) is 30.8 Å². The van der Waals surface area contributed by atoms with E-state index in [1.807, 2.05) is 18.4 Å². The van der Waals surface area contributed by atoms with Gasteiger partial charge in [-0.15, -0.1) is 0 Å². The quantitative estimate of drug-likeness (QED) is 0.276. The Morgan fingerprint density at radius 3 is 2.81 bits per heavy atom. The molecule has 9 heteroatoms. The van der Waals surface area contributed by atoms with Crippen LogP contribution in [0.3, 0.4) is 0 Å². The summed E-state index contributed by atoms with van der Waals surface area (Å²) in [6, 6.07) is 4.74. The maximum atomic E-state index is 12.6. The summed E-state index contributed by atoms with van der Waals surface area (Å²) in [5.74, 6) is 0.515. The third-order valence-electron chi connectivity index (χ3n) is 5.02. The Hall–Kier alpha value is -3.00. The number of nitrogens with zero attached hydrogens (tertiary/aromatic N) is 2. The topological polar surface area (TPSA) is 88.4 Å². The summed E-state index contributed by atoms with van der Waals surface area (Å²) >= 11 is 6.46. The first-order valence-corrected chi connectivity index (χ1v) is 10.2. The summed E-state index contributed by atoms with van der Waals surface area (Å²) in [4.78, 5) is 29.3. The molecule has 2 heterocycles. The fourth-order valence-corrected chi connectivity index (χ4v) is 3.60. The van der Waals surface area contributed by atoms with Crippen LogP contribution in [0.1, 0.15) is 36.7 Å². The number of halogens is 1. The Balaban J connectivity index is 2.06. The molecule has 0 unspecified atom stereocenters. The van der Waals surface area contributed by atoms with Gasteiger partial charge < -0.3 is 23.6 Å². The maximum absolute atomic E-state index is 12.6. The number of ether oxygens (including phenoxy) is 3. The van der Waals surface area contributed by atoms with Crippen LogP contribution in [0.15, 0.2) is 34.3 Å². The highest BCUT2D eigenvalue weighted by molar-refractivity contribution is 6.32. The number of oxime groups is 1. The molecule has 0 N–H and O–H groups in total. The molecule has 0 saturated carbocycles. The van der Waals surface area contributed by atoms with Crippen LogP contribution in [-0.2, 0) is 9.57 Å². The van der Waals surface area contributed by atoms with Crippen LogP contribution in [0.4, 0.5) is 0 Å². The fraction of sp³-hybridized carbons (Fsp3) is 0.409. The average Bonchev–Trinajstić information content (AvgIpc) is 2.89. The molecular formula is C22H25ClN2O6. The molecule has 0 fully saturated rings. The van der Waals surface area contributed by atoms with Crippen molar-refractivity contribution in [3.8, 4) is 22.8 Å². The van der Waals surface area contributed by atoms with Crippen molar-refractivity contribution in [2.75, 3.05) is 27.4 Å². The van der Waals surface area contributed by atoms with E-state index in [9.17, 15) is 9.59 Å². The molecule has 1 aromatic heterocycles. The predicted octanol–water partition coefficient (Wildman–Crippen LogP) is 3.95. The van der Waals surface area contributed by atoms with E-state index in [-0.39, 0.29) is 17.5 Å². The number of esters is 1. The zero-order valence-corrected chi connectivity index (χ0v) is 18.6. The molecule has 1 aromatic carbocycles. The zero-order chi connectivity index (χ0) is 22.5. The van der Waals surface area contributed by atoms with Gasteiger partial charge in [-0.2, -0.15) is 0 Å². The summed E-state index contributed by atoms with van der Waals surface area (Å²) in [6.45, 7) is 4.81. The average molecular weight is 449 g/mol. The molecule has 166 valence electrons. The highest BCUT2D eigenvalue weighted by Gasteiger charge is 2.28. The first kappa shape index (κ1) is 22.7. The van der Waals surface area contributed by atoms with Crippen molar-refractivity contribution >= 4 is 23.8 Å². The van der Waals surface area contributed by atoms with E-state index in [0.717, 1.165) is 0 Å². The molecular weight excluding hydrogens is 424 g/mol. The Morgan fingerprint density at radius 2 is 2.13 bits per heavy atom. The summed E-state index contributed by atoms with van der Waals surface area (Å²) in [5, 5.41) is 4.04. The lowest BCUT2D eigenvalue weighted by atomic mass is 10.0. The van der Waals surface area contributed by atoms with Crippen LogP contribution >= 0.6 is 11.6 Å². The monoisotopic (exact) mass is 448 g/mol. The van der Waals surface area contributed by atoms with E-state index in [1.165, 1.54) is 20.3 Å². The van der Waals surface area contributed by atoms with Gasteiger partial charge in [0.15, 0.2) is 5.43 Å². The van der Waals surface area contributed by atoms with E-state index in [2.05, 4.69) is 9.99 Å². The molecule has 1 aliphatic heterocycles. The predicted molar refractivity (Wildman–Crippen MR) is 117 cm³/mol.